The molecule has 2 heterocycles. The highest BCUT2D eigenvalue weighted by Crippen LogP contribution is 2.28. The van der Waals surface area contributed by atoms with Gasteiger partial charge in [-0.2, -0.15) is 22.8 Å². The van der Waals surface area contributed by atoms with Gasteiger partial charge in [0, 0.05) is 6.54 Å². The van der Waals surface area contributed by atoms with Crippen molar-refractivity contribution in [1.29, 1.82) is 0 Å². The van der Waals surface area contributed by atoms with Crippen molar-refractivity contribution in [2.75, 3.05) is 5.32 Å². The molecule has 1 aromatic carbocycles. The van der Waals surface area contributed by atoms with Crippen LogP contribution in [0.5, 0.6) is 5.88 Å². The van der Waals surface area contributed by atoms with E-state index in [1.807, 2.05) is 0 Å². The van der Waals surface area contributed by atoms with Crippen LogP contribution in [0.4, 0.5) is 27.6 Å². The smallest absolute Gasteiger partial charge is 0.425 e. The minimum absolute atomic E-state index is 0.0495. The third-order valence-corrected chi connectivity index (χ3v) is 4.64. The molecule has 9 nitrogen and oxygen atoms in total. The number of aliphatic hydroxyl groups is 1. The molecule has 1 atom stereocenters. The van der Waals surface area contributed by atoms with Gasteiger partial charge in [0.2, 0.25) is 5.88 Å². The molecular formula is C20H18F5N5O4. The van der Waals surface area contributed by atoms with E-state index in [1.54, 1.807) is 6.92 Å². The molecule has 14 heteroatoms. The number of pyridine rings is 1. The molecule has 0 aliphatic rings. The zero-order valence-electron chi connectivity index (χ0n) is 17.7. The Morgan fingerprint density at radius 1 is 1.24 bits per heavy atom. The second-order valence-electron chi connectivity index (χ2n) is 6.90. The van der Waals surface area contributed by atoms with E-state index in [2.05, 4.69) is 15.4 Å². The molecule has 0 aliphatic carbocycles. The molecule has 2 N–H and O–H groups in total. The molecule has 3 rings (SSSR count). The minimum atomic E-state index is -4.87. The van der Waals surface area contributed by atoms with Crippen LogP contribution in [-0.4, -0.2) is 42.6 Å². The van der Waals surface area contributed by atoms with Crippen LogP contribution in [0, 0.1) is 11.6 Å². The van der Waals surface area contributed by atoms with Gasteiger partial charge in [-0.1, -0.05) is 12.1 Å². The van der Waals surface area contributed by atoms with Gasteiger partial charge in [0.15, 0.2) is 23.6 Å². The number of hydrogen-bond acceptors (Lipinski definition) is 6. The Bertz CT molecular complexity index is 1270. The maximum absolute atomic E-state index is 14.9. The number of halogens is 5. The molecule has 182 valence electrons. The zero-order valence-corrected chi connectivity index (χ0v) is 17.7. The van der Waals surface area contributed by atoms with Gasteiger partial charge in [0.1, 0.15) is 18.0 Å². The number of alkyl halides is 3. The van der Waals surface area contributed by atoms with E-state index in [1.165, 1.54) is 18.2 Å². The van der Waals surface area contributed by atoms with E-state index in [4.69, 9.17) is 4.74 Å². The Kier molecular flexibility index (Phi) is 7.00. The van der Waals surface area contributed by atoms with Gasteiger partial charge in [-0.05, 0) is 32.0 Å². The Hall–Kier alpha value is -3.81. The highest BCUT2D eigenvalue weighted by Gasteiger charge is 2.39. The highest BCUT2D eigenvalue weighted by molar-refractivity contribution is 6.06. The molecule has 0 spiro atoms. The first-order valence-electron chi connectivity index (χ1n) is 9.77. The van der Waals surface area contributed by atoms with Crippen molar-refractivity contribution in [3.8, 4) is 11.7 Å². The third-order valence-electron chi connectivity index (χ3n) is 4.64. The fourth-order valence-corrected chi connectivity index (χ4v) is 2.86. The summed E-state index contributed by atoms with van der Waals surface area (Å²) in [6.07, 6.45) is -7.35. The van der Waals surface area contributed by atoms with Gasteiger partial charge < -0.3 is 15.2 Å². The molecule has 0 saturated carbocycles. The number of ether oxygens (including phenoxy) is 1. The first kappa shape index (κ1) is 24.8. The van der Waals surface area contributed by atoms with Crippen molar-refractivity contribution in [2.24, 2.45) is 0 Å². The predicted molar refractivity (Wildman–Crippen MR) is 108 cm³/mol. The molecular weight excluding hydrogens is 469 g/mol. The Labute approximate surface area is 188 Å². The number of carbonyl (C=O) groups excluding carboxylic acids is 1. The van der Waals surface area contributed by atoms with Crippen molar-refractivity contribution >= 4 is 11.6 Å². The number of carbonyl (C=O) groups is 1. The van der Waals surface area contributed by atoms with E-state index >= 15 is 0 Å². The number of hydrogen-bond donors (Lipinski definition) is 2. The number of rotatable bonds is 7. The largest absolute Gasteiger partial charge is 0.464 e. The van der Waals surface area contributed by atoms with Crippen LogP contribution in [0.15, 0.2) is 35.1 Å². The van der Waals surface area contributed by atoms with Gasteiger partial charge in [0.05, 0.1) is 5.69 Å². The summed E-state index contributed by atoms with van der Waals surface area (Å²) in [4.78, 5) is 28.8. The van der Waals surface area contributed by atoms with Crippen molar-refractivity contribution in [1.82, 2.24) is 19.3 Å². The van der Waals surface area contributed by atoms with Crippen LogP contribution in [0.25, 0.3) is 5.82 Å². The van der Waals surface area contributed by atoms with Crippen LogP contribution in [0.3, 0.4) is 0 Å². The molecule has 0 aliphatic heterocycles. The fraction of sp³-hybridized carbons (Fsp3) is 0.300. The molecule has 3 aromatic rings. The summed E-state index contributed by atoms with van der Waals surface area (Å²) in [7, 11) is 0. The molecule has 1 amide bonds. The summed E-state index contributed by atoms with van der Waals surface area (Å²) >= 11 is 0. The number of aliphatic hydroxyl groups excluding tert-OH is 1. The average molecular weight is 487 g/mol. The van der Waals surface area contributed by atoms with Gasteiger partial charge >= 0.3 is 11.9 Å². The number of nitrogens with zero attached hydrogens (tertiary/aromatic N) is 4. The topological polar surface area (TPSA) is 111 Å². The second kappa shape index (κ2) is 9.59. The van der Waals surface area contributed by atoms with Gasteiger partial charge in [-0.3, -0.25) is 9.36 Å². The Morgan fingerprint density at radius 3 is 2.47 bits per heavy atom. The molecule has 0 saturated heterocycles. The first-order chi connectivity index (χ1) is 16.0. The summed E-state index contributed by atoms with van der Waals surface area (Å²) in [5.41, 5.74) is -2.04. The normalized spacial score (nSPS) is 12.5. The summed E-state index contributed by atoms with van der Waals surface area (Å²) < 4.78 is 74.3. The van der Waals surface area contributed by atoms with Crippen molar-refractivity contribution in [3.63, 3.8) is 0 Å². The monoisotopic (exact) mass is 487 g/mol. The van der Waals surface area contributed by atoms with E-state index in [9.17, 15) is 36.6 Å². The molecule has 0 bridgehead atoms. The lowest BCUT2D eigenvalue weighted by atomic mass is 10.2. The molecule has 0 unspecified atom stereocenters. The standard InChI is InChI=1S/C20H18F5N5O4/c1-3-29-15(9-31)28-30(19(29)33)16-13(22)8-11(18(27-16)34-10(2)20(23,24)25)17(32)26-14-7-5-4-6-12(14)21/h4-8,10,31H,3,9H2,1-2H3,(H,26,32)/t10-/m0/s1. The SMILES string of the molecule is CCn1c(CO)nn(-c2nc(O[C@@H](C)C(F)(F)F)c(C(=O)Nc3ccccc3F)cc2F)c1=O. The average Bonchev–Trinajstić information content (AvgIpc) is 3.10. The lowest BCUT2D eigenvalue weighted by molar-refractivity contribution is -0.190. The van der Waals surface area contributed by atoms with E-state index in [0.717, 1.165) is 10.6 Å². The molecule has 0 radical (unpaired) electrons. The van der Waals surface area contributed by atoms with E-state index in [0.29, 0.717) is 17.7 Å². The van der Waals surface area contributed by atoms with Crippen LogP contribution in [0.2, 0.25) is 0 Å². The maximum atomic E-state index is 14.9. The molecule has 0 fully saturated rings. The van der Waals surface area contributed by atoms with E-state index in [-0.39, 0.29) is 18.1 Å². The van der Waals surface area contributed by atoms with Gasteiger partial charge in [0.25, 0.3) is 5.91 Å². The summed E-state index contributed by atoms with van der Waals surface area (Å²) in [5.74, 6) is -5.35. The highest BCUT2D eigenvalue weighted by atomic mass is 19.4. The van der Waals surface area contributed by atoms with Crippen molar-refractivity contribution in [3.05, 3.63) is 63.8 Å². The van der Waals surface area contributed by atoms with Crippen molar-refractivity contribution < 1.29 is 36.6 Å². The molecule has 2 aromatic heterocycles. The zero-order chi connectivity index (χ0) is 25.2. The lowest BCUT2D eigenvalue weighted by Gasteiger charge is -2.19. The third kappa shape index (κ3) is 4.90. The summed E-state index contributed by atoms with van der Waals surface area (Å²) in [6, 6.07) is 5.42. The quantitative estimate of drug-likeness (QED) is 0.496. The van der Waals surface area contributed by atoms with Crippen LogP contribution in [-0.2, 0) is 13.2 Å². The number of aromatic nitrogens is 4. The lowest BCUT2D eigenvalue weighted by Crippen LogP contribution is -2.33. The first-order valence-corrected chi connectivity index (χ1v) is 9.77. The second-order valence-corrected chi connectivity index (χ2v) is 6.90. The van der Waals surface area contributed by atoms with Crippen LogP contribution in [0.1, 0.15) is 30.0 Å². The van der Waals surface area contributed by atoms with Crippen LogP contribution >= 0.6 is 0 Å². The van der Waals surface area contributed by atoms with E-state index < -0.39 is 59.4 Å². The number of anilines is 1. The number of para-hydroxylation sites is 1. The number of amides is 1. The van der Waals surface area contributed by atoms with Crippen LogP contribution < -0.4 is 15.7 Å². The number of nitrogens with one attached hydrogen (secondary N) is 1. The summed E-state index contributed by atoms with van der Waals surface area (Å²) in [6.45, 7) is 1.54. The van der Waals surface area contributed by atoms with Gasteiger partial charge in [-0.15, -0.1) is 5.10 Å². The molecule has 34 heavy (non-hydrogen) atoms. The minimum Gasteiger partial charge on any atom is -0.464 e. The number of benzene rings is 1. The fourth-order valence-electron chi connectivity index (χ4n) is 2.86. The Morgan fingerprint density at radius 2 is 1.91 bits per heavy atom. The Balaban J connectivity index is 2.14. The van der Waals surface area contributed by atoms with Crippen molar-refractivity contribution in [2.45, 2.75) is 39.3 Å². The summed E-state index contributed by atoms with van der Waals surface area (Å²) in [5, 5.41) is 15.2. The maximum Gasteiger partial charge on any atom is 0.425 e. The predicted octanol–water partition coefficient (Wildman–Crippen LogP) is 2.80. The van der Waals surface area contributed by atoms with Gasteiger partial charge in [-0.25, -0.2) is 13.6 Å².